The summed E-state index contributed by atoms with van der Waals surface area (Å²) in [6, 6.07) is 15.9. The van der Waals surface area contributed by atoms with Crippen LogP contribution in [0.15, 0.2) is 54.2 Å². The van der Waals surface area contributed by atoms with Crippen molar-refractivity contribution in [2.75, 3.05) is 44.7 Å². The lowest BCUT2D eigenvalue weighted by molar-refractivity contribution is -0.135. The van der Waals surface area contributed by atoms with Crippen molar-refractivity contribution in [2.45, 2.75) is 20.3 Å². The van der Waals surface area contributed by atoms with Crippen LogP contribution in [0.1, 0.15) is 24.5 Å². The lowest BCUT2D eigenvalue weighted by Crippen LogP contribution is -2.47. The number of carbonyl (C=O) groups is 2. The summed E-state index contributed by atoms with van der Waals surface area (Å²) in [6.07, 6.45) is 0.934. The highest BCUT2D eigenvalue weighted by atomic mass is 16.5. The Balaban J connectivity index is 1.57. The summed E-state index contributed by atoms with van der Waals surface area (Å²) in [6.45, 7) is 7.79. The highest BCUT2D eigenvalue weighted by Gasteiger charge is 2.40. The third kappa shape index (κ3) is 4.15. The number of anilines is 1. The van der Waals surface area contributed by atoms with Crippen molar-refractivity contribution in [3.8, 4) is 5.75 Å². The van der Waals surface area contributed by atoms with E-state index >= 15 is 0 Å². The Labute approximate surface area is 183 Å². The number of ether oxygens (including phenoxy) is 1. The minimum absolute atomic E-state index is 0.227. The second-order valence-electron chi connectivity index (χ2n) is 8.08. The van der Waals surface area contributed by atoms with Crippen LogP contribution in [0.4, 0.5) is 5.69 Å². The molecule has 0 bridgehead atoms. The Morgan fingerprint density at radius 2 is 1.58 bits per heavy atom. The third-order valence-electron chi connectivity index (χ3n) is 5.84. The average Bonchev–Trinajstić information content (AvgIpc) is 3.02. The average molecular weight is 420 g/mol. The summed E-state index contributed by atoms with van der Waals surface area (Å²) in [4.78, 5) is 31.5. The molecule has 6 nitrogen and oxygen atoms in total. The summed E-state index contributed by atoms with van der Waals surface area (Å²) < 4.78 is 5.65. The molecule has 2 aromatic rings. The van der Waals surface area contributed by atoms with Crippen LogP contribution in [-0.4, -0.2) is 61.4 Å². The maximum absolute atomic E-state index is 13.0. The quantitative estimate of drug-likeness (QED) is 0.673. The molecular weight excluding hydrogens is 390 g/mol. The molecule has 4 rings (SSSR count). The minimum atomic E-state index is -0.247. The Morgan fingerprint density at radius 1 is 0.903 bits per heavy atom. The van der Waals surface area contributed by atoms with Crippen LogP contribution in [0, 0.1) is 6.92 Å². The molecule has 2 aliphatic rings. The Kier molecular flexibility index (Phi) is 5.98. The summed E-state index contributed by atoms with van der Waals surface area (Å²) in [7, 11) is 1.55. The van der Waals surface area contributed by atoms with Crippen molar-refractivity contribution < 1.29 is 14.3 Å². The molecule has 1 saturated heterocycles. The number of carbonyl (C=O) groups excluding carboxylic acids is 2. The zero-order valence-electron chi connectivity index (χ0n) is 18.4. The zero-order valence-corrected chi connectivity index (χ0v) is 18.4. The smallest absolute Gasteiger partial charge is 0.277 e. The Bertz CT molecular complexity index is 1000. The molecule has 0 radical (unpaired) electrons. The fourth-order valence-electron chi connectivity index (χ4n) is 4.13. The second-order valence-corrected chi connectivity index (χ2v) is 8.08. The van der Waals surface area contributed by atoms with Gasteiger partial charge < -0.3 is 14.5 Å². The first-order chi connectivity index (χ1) is 15.0. The minimum Gasteiger partial charge on any atom is -0.494 e. The van der Waals surface area contributed by atoms with Crippen LogP contribution >= 0.6 is 0 Å². The monoisotopic (exact) mass is 419 g/mol. The number of piperazine rings is 1. The van der Waals surface area contributed by atoms with Crippen molar-refractivity contribution in [3.63, 3.8) is 0 Å². The summed E-state index contributed by atoms with van der Waals surface area (Å²) in [5, 5.41) is 0. The molecule has 0 aliphatic carbocycles. The second kappa shape index (κ2) is 8.84. The summed E-state index contributed by atoms with van der Waals surface area (Å²) in [5.41, 5.74) is 4.18. The molecule has 0 aromatic heterocycles. The van der Waals surface area contributed by atoms with E-state index in [1.165, 1.54) is 16.2 Å². The van der Waals surface area contributed by atoms with Gasteiger partial charge in [0.15, 0.2) is 0 Å². The van der Waals surface area contributed by atoms with Gasteiger partial charge in [0.05, 0.1) is 12.2 Å². The molecule has 162 valence electrons. The van der Waals surface area contributed by atoms with Crippen molar-refractivity contribution in [1.82, 2.24) is 9.80 Å². The van der Waals surface area contributed by atoms with Crippen LogP contribution in [0.2, 0.25) is 0 Å². The largest absolute Gasteiger partial charge is 0.494 e. The molecule has 0 unspecified atom stereocenters. The van der Waals surface area contributed by atoms with E-state index in [9.17, 15) is 9.59 Å². The van der Waals surface area contributed by atoms with E-state index in [0.717, 1.165) is 30.8 Å². The van der Waals surface area contributed by atoms with Crippen molar-refractivity contribution in [3.05, 3.63) is 65.4 Å². The lowest BCUT2D eigenvalue weighted by Gasteiger charge is -2.37. The van der Waals surface area contributed by atoms with Crippen molar-refractivity contribution >= 4 is 23.1 Å². The van der Waals surface area contributed by atoms with Gasteiger partial charge in [-0.3, -0.25) is 14.5 Å². The van der Waals surface area contributed by atoms with Gasteiger partial charge in [0.2, 0.25) is 0 Å². The highest BCUT2D eigenvalue weighted by molar-refractivity contribution is 6.35. The maximum Gasteiger partial charge on any atom is 0.277 e. The fourth-order valence-corrected chi connectivity index (χ4v) is 4.13. The zero-order chi connectivity index (χ0) is 22.0. The van der Waals surface area contributed by atoms with Crippen LogP contribution < -0.4 is 9.64 Å². The molecule has 6 heteroatoms. The van der Waals surface area contributed by atoms with E-state index in [1.54, 1.807) is 7.05 Å². The van der Waals surface area contributed by atoms with Crippen molar-refractivity contribution in [2.24, 2.45) is 0 Å². The first-order valence-corrected chi connectivity index (χ1v) is 10.9. The number of imide groups is 1. The molecule has 2 aromatic carbocycles. The van der Waals surface area contributed by atoms with Crippen LogP contribution in [0.25, 0.3) is 5.57 Å². The van der Waals surface area contributed by atoms with E-state index in [-0.39, 0.29) is 11.8 Å². The molecule has 31 heavy (non-hydrogen) atoms. The van der Waals surface area contributed by atoms with Gasteiger partial charge in [-0.1, -0.05) is 31.2 Å². The van der Waals surface area contributed by atoms with Crippen LogP contribution in [-0.2, 0) is 9.59 Å². The van der Waals surface area contributed by atoms with Gasteiger partial charge in [0.25, 0.3) is 11.8 Å². The van der Waals surface area contributed by atoms with Gasteiger partial charge in [-0.15, -0.1) is 0 Å². The molecule has 0 saturated carbocycles. The van der Waals surface area contributed by atoms with E-state index in [0.29, 0.717) is 31.0 Å². The number of benzene rings is 2. The van der Waals surface area contributed by atoms with E-state index in [4.69, 9.17) is 4.74 Å². The molecule has 1 fully saturated rings. The van der Waals surface area contributed by atoms with Gasteiger partial charge in [-0.25, -0.2) is 0 Å². The SMILES string of the molecule is CCCOc1ccc(C2=C(N3CCN(c4cccc(C)c4)CC3)C(=O)N(C)C2=O)cc1. The molecular formula is C25H29N3O3. The van der Waals surface area contributed by atoms with E-state index < -0.39 is 0 Å². The number of likely N-dealkylation sites (N-methyl/N-ethyl adjacent to an activating group) is 1. The number of hydrogen-bond donors (Lipinski definition) is 0. The van der Waals surface area contributed by atoms with Gasteiger partial charge in [0, 0.05) is 38.9 Å². The molecule has 0 N–H and O–H groups in total. The molecule has 0 spiro atoms. The number of amides is 2. The molecule has 2 heterocycles. The standard InChI is InChI=1S/C25H29N3O3/c1-4-16-31-21-10-8-19(9-11-21)22-23(25(30)26(3)24(22)29)28-14-12-27(13-15-28)20-7-5-6-18(2)17-20/h5-11,17H,4,12-16H2,1-3H3. The predicted octanol–water partition coefficient (Wildman–Crippen LogP) is 3.32. The fraction of sp³-hybridized carbons (Fsp3) is 0.360. The first kappa shape index (κ1) is 21.0. The summed E-state index contributed by atoms with van der Waals surface area (Å²) in [5.74, 6) is 0.295. The number of nitrogens with zero attached hydrogens (tertiary/aromatic N) is 3. The molecule has 0 atom stereocenters. The van der Waals surface area contributed by atoms with Gasteiger partial charge in [0.1, 0.15) is 11.4 Å². The van der Waals surface area contributed by atoms with Gasteiger partial charge >= 0.3 is 0 Å². The van der Waals surface area contributed by atoms with E-state index in [1.807, 2.05) is 24.3 Å². The maximum atomic E-state index is 13.0. The molecule has 2 amide bonds. The third-order valence-corrected chi connectivity index (χ3v) is 5.84. The van der Waals surface area contributed by atoms with Crippen LogP contribution in [0.5, 0.6) is 5.75 Å². The Morgan fingerprint density at radius 3 is 2.23 bits per heavy atom. The predicted molar refractivity (Wildman–Crippen MR) is 122 cm³/mol. The number of aryl methyl sites for hydroxylation is 1. The van der Waals surface area contributed by atoms with Crippen LogP contribution in [0.3, 0.4) is 0 Å². The molecule has 2 aliphatic heterocycles. The normalized spacial score (nSPS) is 17.1. The van der Waals surface area contributed by atoms with Crippen molar-refractivity contribution in [1.29, 1.82) is 0 Å². The first-order valence-electron chi connectivity index (χ1n) is 10.9. The summed E-state index contributed by atoms with van der Waals surface area (Å²) >= 11 is 0. The van der Waals surface area contributed by atoms with Gasteiger partial charge in [-0.2, -0.15) is 0 Å². The number of rotatable bonds is 6. The number of hydrogen-bond acceptors (Lipinski definition) is 5. The highest BCUT2D eigenvalue weighted by Crippen LogP contribution is 2.32. The van der Waals surface area contributed by atoms with E-state index in [2.05, 4.69) is 47.9 Å². The lowest BCUT2D eigenvalue weighted by atomic mass is 10.0. The Hall–Kier alpha value is -3.28. The van der Waals surface area contributed by atoms with Gasteiger partial charge in [-0.05, 0) is 48.7 Å². The topological polar surface area (TPSA) is 53.1 Å².